The van der Waals surface area contributed by atoms with Crippen molar-refractivity contribution in [3.63, 3.8) is 0 Å². The van der Waals surface area contributed by atoms with Crippen molar-refractivity contribution in [2.45, 2.75) is 37.8 Å². The summed E-state index contributed by atoms with van der Waals surface area (Å²) >= 11 is 0. The van der Waals surface area contributed by atoms with E-state index in [2.05, 4.69) is 26.3 Å². The van der Waals surface area contributed by atoms with Crippen molar-refractivity contribution in [3.05, 3.63) is 76.6 Å². The van der Waals surface area contributed by atoms with Crippen LogP contribution in [-0.2, 0) is 6.54 Å². The molecule has 11 heteroatoms. The van der Waals surface area contributed by atoms with Crippen LogP contribution in [0.5, 0.6) is 0 Å². The number of nitrogens with zero attached hydrogens (tertiary/aromatic N) is 5. The second-order valence-corrected chi connectivity index (χ2v) is 9.64. The van der Waals surface area contributed by atoms with Gasteiger partial charge in [0.05, 0.1) is 24.0 Å². The maximum absolute atomic E-state index is 14.8. The lowest BCUT2D eigenvalue weighted by atomic mass is 10.1. The number of pyridine rings is 1. The molecule has 0 fully saturated rings. The van der Waals surface area contributed by atoms with Gasteiger partial charge in [0.25, 0.3) is 0 Å². The monoisotopic (exact) mass is 481 g/mol. The molecule has 1 atom stereocenters. The minimum Gasteiger partial charge on any atom is -0.368 e. The number of rotatable bonds is 6. The third-order valence-corrected chi connectivity index (χ3v) is 7.45. The van der Waals surface area contributed by atoms with Gasteiger partial charge in [-0.05, 0) is 37.1 Å². The predicted octanol–water partition coefficient (Wildman–Crippen LogP) is 4.54. The van der Waals surface area contributed by atoms with Crippen LogP contribution in [0.4, 0.5) is 16.2 Å². The quantitative estimate of drug-likeness (QED) is 0.398. The van der Waals surface area contributed by atoms with Crippen molar-refractivity contribution >= 4 is 28.6 Å². The van der Waals surface area contributed by atoms with Crippen LogP contribution < -0.4 is 11.1 Å². The van der Waals surface area contributed by atoms with Gasteiger partial charge in [-0.3, -0.25) is 18.4 Å². The van der Waals surface area contributed by atoms with Crippen LogP contribution in [0.25, 0.3) is 6.08 Å². The Morgan fingerprint density at radius 2 is 2.06 bits per heavy atom. The Labute approximate surface area is 198 Å². The van der Waals surface area contributed by atoms with E-state index in [-0.39, 0.29) is 28.8 Å². The molecule has 0 amide bonds. The van der Waals surface area contributed by atoms with Gasteiger partial charge in [-0.15, -0.1) is 0 Å². The molecule has 0 saturated carbocycles. The summed E-state index contributed by atoms with van der Waals surface area (Å²) in [6.45, 7) is 3.63. The first-order valence-corrected chi connectivity index (χ1v) is 12.0. The van der Waals surface area contributed by atoms with E-state index in [0.717, 1.165) is 0 Å². The lowest BCUT2D eigenvalue weighted by Crippen LogP contribution is -2.38. The first-order valence-electron chi connectivity index (χ1n) is 10.5. The van der Waals surface area contributed by atoms with E-state index in [9.17, 15) is 18.8 Å². The molecule has 1 aromatic carbocycles. The highest BCUT2D eigenvalue weighted by Crippen LogP contribution is 2.60. The summed E-state index contributed by atoms with van der Waals surface area (Å²) in [7, 11) is -3.74. The minimum atomic E-state index is -3.74. The minimum absolute atomic E-state index is 0.00963. The highest BCUT2D eigenvalue weighted by Gasteiger charge is 2.38. The molecule has 1 aliphatic heterocycles. The lowest BCUT2D eigenvalue weighted by molar-refractivity contribution is 0.365. The number of aromatic nitrogens is 3. The molecule has 34 heavy (non-hydrogen) atoms. The van der Waals surface area contributed by atoms with Gasteiger partial charge in [-0.1, -0.05) is 35.9 Å². The van der Waals surface area contributed by atoms with E-state index in [1.54, 1.807) is 43.6 Å². The topological polar surface area (TPSA) is 144 Å². The first-order chi connectivity index (χ1) is 16.3. The fourth-order valence-corrected chi connectivity index (χ4v) is 5.71. The molecule has 0 saturated heterocycles. The van der Waals surface area contributed by atoms with Gasteiger partial charge in [0.1, 0.15) is 28.2 Å². The molecule has 0 spiro atoms. The number of hydrogen-bond donors (Lipinski definition) is 4. The highest BCUT2D eigenvalue weighted by atomic mass is 32.3. The van der Waals surface area contributed by atoms with E-state index >= 15 is 0 Å². The fraction of sp³-hybridized carbons (Fsp3) is 0.217. The van der Waals surface area contributed by atoms with Crippen LogP contribution in [0.2, 0.25) is 0 Å². The lowest BCUT2D eigenvalue weighted by Gasteiger charge is -2.50. The van der Waals surface area contributed by atoms with Crippen molar-refractivity contribution < 1.29 is 13.5 Å². The number of nitriles is 1. The second kappa shape index (κ2) is 9.26. The van der Waals surface area contributed by atoms with Gasteiger partial charge in [0.15, 0.2) is 0 Å². The van der Waals surface area contributed by atoms with E-state index in [0.29, 0.717) is 28.9 Å². The Morgan fingerprint density at radius 3 is 2.74 bits per heavy atom. The molecular formula is C23H24FN7O2S. The first kappa shape index (κ1) is 23.4. The molecule has 3 aromatic rings. The summed E-state index contributed by atoms with van der Waals surface area (Å²) in [6, 6.07) is 9.47. The molecule has 176 valence electrons. The third kappa shape index (κ3) is 4.26. The van der Waals surface area contributed by atoms with E-state index in [4.69, 9.17) is 5.73 Å². The van der Waals surface area contributed by atoms with Crippen LogP contribution in [0.15, 0.2) is 53.3 Å². The number of nitrogen functional groups attached to an aromatic ring is 1. The number of nitrogens with two attached hydrogens (primary N) is 1. The Kier molecular flexibility index (Phi) is 6.39. The second-order valence-electron chi connectivity index (χ2n) is 7.75. The number of aryl methyl sites for hydroxylation is 1. The van der Waals surface area contributed by atoms with Gasteiger partial charge in [-0.25, -0.2) is 9.37 Å². The Morgan fingerprint density at radius 1 is 1.26 bits per heavy atom. The molecule has 4 rings (SSSR count). The number of hydrogen-bond acceptors (Lipinski definition) is 9. The SMILES string of the molecule is CC[C@H](Nc1nc(N)nc(C)c1C#N)C1=Cc2cccc(F)c2S(O)(O)N1Cc1cccnc1. The molecule has 1 aliphatic rings. The number of halogens is 1. The largest absolute Gasteiger partial charge is 0.368 e. The van der Waals surface area contributed by atoms with Gasteiger partial charge < -0.3 is 11.1 Å². The average molecular weight is 482 g/mol. The van der Waals surface area contributed by atoms with Crippen LogP contribution in [0, 0.1) is 24.1 Å². The molecule has 5 N–H and O–H groups in total. The Balaban J connectivity index is 1.84. The van der Waals surface area contributed by atoms with Gasteiger partial charge >= 0.3 is 0 Å². The molecule has 0 bridgehead atoms. The average Bonchev–Trinajstić information content (AvgIpc) is 2.79. The summed E-state index contributed by atoms with van der Waals surface area (Å²) < 4.78 is 38.8. The molecular weight excluding hydrogens is 457 g/mol. The van der Waals surface area contributed by atoms with Crippen LogP contribution in [-0.4, -0.2) is 34.4 Å². The molecule has 9 nitrogen and oxygen atoms in total. The molecule has 3 heterocycles. The van der Waals surface area contributed by atoms with Gasteiger partial charge in [-0.2, -0.15) is 10.2 Å². The fourth-order valence-electron chi connectivity index (χ4n) is 3.91. The van der Waals surface area contributed by atoms with Crippen molar-refractivity contribution in [1.82, 2.24) is 19.3 Å². The van der Waals surface area contributed by atoms with E-state index in [1.807, 2.05) is 6.92 Å². The standard InChI is InChI=1S/C23H24FN7O2S/c1-3-19(29-22-17(11-25)14(2)28-23(26)30-22)20-10-16-7-4-8-18(24)21(16)34(32,33)31(20)13-15-6-5-9-27-12-15/h4-10,12,19,32-33H,3,13H2,1-2H3,(H3,26,28,29,30)/t19-/m0/s1. The number of anilines is 2. The molecule has 0 unspecified atom stereocenters. The summed E-state index contributed by atoms with van der Waals surface area (Å²) in [4.78, 5) is 12.2. The number of nitrogens with one attached hydrogen (secondary N) is 1. The Hall–Kier alpha value is -3.72. The summed E-state index contributed by atoms with van der Waals surface area (Å²) in [5, 5.41) is 12.8. The summed E-state index contributed by atoms with van der Waals surface area (Å²) in [5.74, 6) is -0.450. The van der Waals surface area contributed by atoms with Crippen LogP contribution in [0.3, 0.4) is 0 Å². The zero-order chi connectivity index (χ0) is 24.5. The van der Waals surface area contributed by atoms with Crippen molar-refractivity contribution in [2.75, 3.05) is 11.1 Å². The maximum atomic E-state index is 14.8. The summed E-state index contributed by atoms with van der Waals surface area (Å²) in [5.41, 5.74) is 8.06. The van der Waals surface area contributed by atoms with Crippen molar-refractivity contribution in [1.29, 1.82) is 5.26 Å². The normalized spacial score (nSPS) is 16.1. The molecule has 0 radical (unpaired) electrons. The highest BCUT2D eigenvalue weighted by molar-refractivity contribution is 8.22. The van der Waals surface area contributed by atoms with Crippen LogP contribution in [0.1, 0.15) is 35.7 Å². The van der Waals surface area contributed by atoms with Gasteiger partial charge in [0.2, 0.25) is 5.95 Å². The molecule has 2 aromatic heterocycles. The van der Waals surface area contributed by atoms with E-state index in [1.165, 1.54) is 16.4 Å². The number of benzene rings is 1. The molecule has 0 aliphatic carbocycles. The van der Waals surface area contributed by atoms with E-state index < -0.39 is 22.6 Å². The zero-order valence-corrected chi connectivity index (χ0v) is 19.4. The smallest absolute Gasteiger partial charge is 0.222 e. The van der Waals surface area contributed by atoms with Gasteiger partial charge in [0, 0.05) is 18.0 Å². The summed E-state index contributed by atoms with van der Waals surface area (Å²) in [6.07, 6.45) is 5.44. The maximum Gasteiger partial charge on any atom is 0.222 e. The zero-order valence-electron chi connectivity index (χ0n) is 18.6. The predicted molar refractivity (Wildman–Crippen MR) is 129 cm³/mol. The van der Waals surface area contributed by atoms with Crippen molar-refractivity contribution in [2.24, 2.45) is 0 Å². The Bertz CT molecular complexity index is 1290. The number of fused-ring (bicyclic) bond motifs is 1. The van der Waals surface area contributed by atoms with Crippen molar-refractivity contribution in [3.8, 4) is 6.07 Å². The third-order valence-electron chi connectivity index (χ3n) is 5.51. The van der Waals surface area contributed by atoms with Crippen LogP contribution >= 0.6 is 10.8 Å².